The van der Waals surface area contributed by atoms with E-state index in [1.54, 1.807) is 11.3 Å². The van der Waals surface area contributed by atoms with Gasteiger partial charge in [0.25, 0.3) is 0 Å². The van der Waals surface area contributed by atoms with E-state index in [-0.39, 0.29) is 6.04 Å². The number of aryl methyl sites for hydroxylation is 2. The quantitative estimate of drug-likeness (QED) is 0.882. The van der Waals surface area contributed by atoms with Crippen LogP contribution < -0.4 is 5.73 Å². The number of hydrogen-bond acceptors (Lipinski definition) is 3. The van der Waals surface area contributed by atoms with E-state index in [1.165, 1.54) is 11.3 Å². The molecule has 1 unspecified atom stereocenters. The summed E-state index contributed by atoms with van der Waals surface area (Å²) >= 11 is 8.67. The predicted octanol–water partition coefficient (Wildman–Crippen LogP) is 3.64. The first kappa shape index (κ1) is 13.3. The van der Waals surface area contributed by atoms with E-state index < -0.39 is 0 Å². The van der Waals surface area contributed by atoms with Gasteiger partial charge >= 0.3 is 0 Å². The van der Waals surface area contributed by atoms with Crippen LogP contribution in [0.15, 0.2) is 25.9 Å². The topological polar surface area (TPSA) is 43.8 Å². The molecule has 0 spiro atoms. The van der Waals surface area contributed by atoms with Crippen molar-refractivity contribution in [3.8, 4) is 0 Å². The van der Waals surface area contributed by atoms with E-state index in [9.17, 15) is 0 Å². The molecule has 2 aromatic rings. The van der Waals surface area contributed by atoms with Crippen LogP contribution in [0.5, 0.6) is 0 Å². The Morgan fingerprint density at radius 3 is 2.82 bits per heavy atom. The first-order valence-corrected chi connectivity index (χ1v) is 7.65. The average Bonchev–Trinajstić information content (AvgIpc) is 2.81. The zero-order valence-electron chi connectivity index (χ0n) is 9.36. The minimum atomic E-state index is 0.0572. The van der Waals surface area contributed by atoms with Crippen molar-refractivity contribution >= 4 is 43.2 Å². The molecule has 0 aromatic carbocycles. The summed E-state index contributed by atoms with van der Waals surface area (Å²) in [6, 6.07) is 4.18. The van der Waals surface area contributed by atoms with Crippen molar-refractivity contribution in [2.75, 3.05) is 0 Å². The maximum atomic E-state index is 6.20. The van der Waals surface area contributed by atoms with Crippen molar-refractivity contribution in [1.29, 1.82) is 0 Å². The Kier molecular flexibility index (Phi) is 4.41. The highest BCUT2D eigenvalue weighted by Crippen LogP contribution is 2.35. The number of halogens is 2. The predicted molar refractivity (Wildman–Crippen MR) is 78.2 cm³/mol. The van der Waals surface area contributed by atoms with Gasteiger partial charge in [0, 0.05) is 25.0 Å². The minimum Gasteiger partial charge on any atom is -0.324 e. The van der Waals surface area contributed by atoms with Gasteiger partial charge in [0.15, 0.2) is 0 Å². The van der Waals surface area contributed by atoms with Gasteiger partial charge < -0.3 is 5.73 Å². The zero-order valence-corrected chi connectivity index (χ0v) is 13.3. The fraction of sp³-hybridized carbons (Fsp3) is 0.364. The van der Waals surface area contributed by atoms with Crippen LogP contribution >= 0.6 is 43.2 Å². The van der Waals surface area contributed by atoms with Gasteiger partial charge in [0.05, 0.1) is 7.57 Å². The lowest BCUT2D eigenvalue weighted by atomic mass is 10.1. The molecule has 0 amide bonds. The standard InChI is InChI=1S/C11H13Br2N3S/c1-16-7(4-5-15-16)2-3-9(14)8-6-10(12)17-11(8)13/h4-6,9H,2-3,14H2,1H3. The van der Waals surface area contributed by atoms with E-state index in [0.717, 1.165) is 20.4 Å². The third kappa shape index (κ3) is 3.19. The average molecular weight is 379 g/mol. The molecule has 92 valence electrons. The SMILES string of the molecule is Cn1nccc1CCC(N)c1cc(Br)sc1Br. The lowest BCUT2D eigenvalue weighted by Gasteiger charge is -2.10. The highest BCUT2D eigenvalue weighted by Gasteiger charge is 2.13. The number of hydrogen-bond donors (Lipinski definition) is 1. The molecule has 2 N–H and O–H groups in total. The van der Waals surface area contributed by atoms with Gasteiger partial charge in [-0.1, -0.05) is 0 Å². The van der Waals surface area contributed by atoms with E-state index in [0.29, 0.717) is 0 Å². The smallest absolute Gasteiger partial charge is 0.0758 e. The van der Waals surface area contributed by atoms with Crippen LogP contribution in [0.2, 0.25) is 0 Å². The molecule has 0 aliphatic heterocycles. The molecule has 0 fully saturated rings. The van der Waals surface area contributed by atoms with Crippen LogP contribution in [0.4, 0.5) is 0 Å². The van der Waals surface area contributed by atoms with E-state index in [4.69, 9.17) is 5.73 Å². The normalized spacial score (nSPS) is 12.9. The zero-order chi connectivity index (χ0) is 12.4. The van der Waals surface area contributed by atoms with E-state index in [1.807, 2.05) is 24.0 Å². The largest absolute Gasteiger partial charge is 0.324 e. The number of thiophene rings is 1. The van der Waals surface area contributed by atoms with Crippen molar-refractivity contribution in [2.24, 2.45) is 12.8 Å². The summed E-state index contributed by atoms with van der Waals surface area (Å²) in [7, 11) is 1.96. The molecule has 0 saturated carbocycles. The van der Waals surface area contributed by atoms with Gasteiger partial charge in [-0.25, -0.2) is 0 Å². The van der Waals surface area contributed by atoms with Gasteiger partial charge in [0.1, 0.15) is 0 Å². The lowest BCUT2D eigenvalue weighted by molar-refractivity contribution is 0.614. The van der Waals surface area contributed by atoms with Crippen LogP contribution in [-0.4, -0.2) is 9.78 Å². The summed E-state index contributed by atoms with van der Waals surface area (Å²) in [5.74, 6) is 0. The molecular weight excluding hydrogens is 366 g/mol. The maximum Gasteiger partial charge on any atom is 0.0758 e. The summed E-state index contributed by atoms with van der Waals surface area (Å²) in [6.07, 6.45) is 3.68. The van der Waals surface area contributed by atoms with Crippen LogP contribution in [-0.2, 0) is 13.5 Å². The molecule has 0 bridgehead atoms. The van der Waals surface area contributed by atoms with Crippen LogP contribution in [0.1, 0.15) is 23.7 Å². The highest BCUT2D eigenvalue weighted by molar-refractivity contribution is 9.12. The number of rotatable bonds is 4. The molecule has 0 aliphatic rings. The third-order valence-corrected chi connectivity index (χ3v) is 5.10. The third-order valence-electron chi connectivity index (χ3n) is 2.72. The number of nitrogens with two attached hydrogens (primary N) is 1. The van der Waals surface area contributed by atoms with Crippen molar-refractivity contribution < 1.29 is 0 Å². The minimum absolute atomic E-state index is 0.0572. The van der Waals surface area contributed by atoms with E-state index in [2.05, 4.69) is 43.0 Å². The van der Waals surface area contributed by atoms with Crippen LogP contribution in [0.3, 0.4) is 0 Å². The second-order valence-electron chi connectivity index (χ2n) is 3.87. The van der Waals surface area contributed by atoms with Crippen molar-refractivity contribution in [3.63, 3.8) is 0 Å². The molecule has 0 aliphatic carbocycles. The summed E-state index contributed by atoms with van der Waals surface area (Å²) in [4.78, 5) is 0. The second-order valence-corrected chi connectivity index (χ2v) is 7.62. The second kappa shape index (κ2) is 5.65. The van der Waals surface area contributed by atoms with Gasteiger partial charge in [-0.3, -0.25) is 4.68 Å². The van der Waals surface area contributed by atoms with Crippen molar-refractivity contribution in [2.45, 2.75) is 18.9 Å². The Labute approximate surface area is 121 Å². The van der Waals surface area contributed by atoms with Gasteiger partial charge in [-0.15, -0.1) is 11.3 Å². The molecule has 2 aromatic heterocycles. The maximum absolute atomic E-state index is 6.20. The highest BCUT2D eigenvalue weighted by atomic mass is 79.9. The molecule has 0 saturated heterocycles. The molecule has 1 atom stereocenters. The van der Waals surface area contributed by atoms with Crippen molar-refractivity contribution in [1.82, 2.24) is 9.78 Å². The molecule has 0 radical (unpaired) electrons. The fourth-order valence-corrected chi connectivity index (χ4v) is 4.71. The van der Waals surface area contributed by atoms with Gasteiger partial charge in [0.2, 0.25) is 0 Å². The first-order chi connectivity index (χ1) is 8.08. The van der Waals surface area contributed by atoms with E-state index >= 15 is 0 Å². The molecule has 17 heavy (non-hydrogen) atoms. The molecule has 2 rings (SSSR count). The first-order valence-electron chi connectivity index (χ1n) is 5.25. The van der Waals surface area contributed by atoms with Crippen LogP contribution in [0.25, 0.3) is 0 Å². The van der Waals surface area contributed by atoms with Crippen LogP contribution in [0, 0.1) is 0 Å². The molecule has 6 heteroatoms. The molecule has 3 nitrogen and oxygen atoms in total. The summed E-state index contributed by atoms with van der Waals surface area (Å²) in [5, 5.41) is 4.15. The molecule has 2 heterocycles. The molecular formula is C11H13Br2N3S. The summed E-state index contributed by atoms with van der Waals surface area (Å²) in [5.41, 5.74) is 8.59. The monoisotopic (exact) mass is 377 g/mol. The Morgan fingerprint density at radius 1 is 1.53 bits per heavy atom. The van der Waals surface area contributed by atoms with Crippen molar-refractivity contribution in [3.05, 3.63) is 37.2 Å². The van der Waals surface area contributed by atoms with Gasteiger partial charge in [-0.05, 0) is 62.4 Å². The number of nitrogens with zero attached hydrogens (tertiary/aromatic N) is 2. The summed E-state index contributed by atoms with van der Waals surface area (Å²) in [6.45, 7) is 0. The summed E-state index contributed by atoms with van der Waals surface area (Å²) < 4.78 is 4.11. The van der Waals surface area contributed by atoms with Gasteiger partial charge in [-0.2, -0.15) is 5.10 Å². The Morgan fingerprint density at radius 2 is 2.29 bits per heavy atom. The number of aromatic nitrogens is 2. The Balaban J connectivity index is 2.00. The Hall–Kier alpha value is -0.170. The Bertz CT molecular complexity index is 507. The fourth-order valence-electron chi connectivity index (χ4n) is 1.71. The lowest BCUT2D eigenvalue weighted by Crippen LogP contribution is -2.12.